The van der Waals surface area contributed by atoms with Gasteiger partial charge in [-0.3, -0.25) is 14.6 Å². The molecule has 2 aromatic heterocycles. The monoisotopic (exact) mass is 413 g/mol. The number of carbonyl (C=O) groups is 2. The summed E-state index contributed by atoms with van der Waals surface area (Å²) in [6, 6.07) is 2.61. The molecule has 11 heteroatoms. The number of aromatic nitrogens is 3. The van der Waals surface area contributed by atoms with E-state index in [1.807, 2.05) is 5.32 Å². The molecule has 0 bridgehead atoms. The highest BCUT2D eigenvalue weighted by molar-refractivity contribution is 6.32. The quantitative estimate of drug-likeness (QED) is 0.781. The second-order valence-corrected chi connectivity index (χ2v) is 6.52. The summed E-state index contributed by atoms with van der Waals surface area (Å²) in [6.07, 6.45) is 2.63. The van der Waals surface area contributed by atoms with Crippen molar-refractivity contribution in [2.75, 3.05) is 11.9 Å². The molecule has 148 valence electrons. The van der Waals surface area contributed by atoms with Crippen LogP contribution in [0.15, 0.2) is 42.9 Å². The lowest BCUT2D eigenvalue weighted by molar-refractivity contribution is -0.174. The third-order valence-corrected chi connectivity index (χ3v) is 4.50. The lowest BCUT2D eigenvalue weighted by Gasteiger charge is -2.20. The highest BCUT2D eigenvalue weighted by Gasteiger charge is 2.40. The molecule has 0 radical (unpaired) electrons. The summed E-state index contributed by atoms with van der Waals surface area (Å²) in [5.41, 5.74) is 0.985. The first-order valence-corrected chi connectivity index (χ1v) is 8.53. The number of carbonyl (C=O) groups excluding carboxylic acids is 2. The lowest BCUT2D eigenvalue weighted by Crippen LogP contribution is -2.42. The number of halogens is 4. The third kappa shape index (κ3) is 4.16. The standard InChI is InChI=1S/C17H15ClF3N5O2/c1-25(13-9-26(24-14(13)18)12-3-2-6-22-8-12)15(27)10-4-5-11(7-10)23-16(28)17(19,20)21/h2-6,8-11H,7H2,1H3,(H,23,28)/t10-,11+/m1/s1. The first kappa shape index (κ1) is 19.9. The molecule has 3 rings (SSSR count). The number of pyridine rings is 1. The van der Waals surface area contributed by atoms with Crippen molar-refractivity contribution in [3.63, 3.8) is 0 Å². The smallest absolute Gasteiger partial charge is 0.342 e. The Labute approximate surface area is 162 Å². The Morgan fingerprint density at radius 1 is 1.36 bits per heavy atom. The van der Waals surface area contributed by atoms with E-state index in [2.05, 4.69) is 10.1 Å². The van der Waals surface area contributed by atoms with Crippen LogP contribution in [0.1, 0.15) is 6.42 Å². The van der Waals surface area contributed by atoms with E-state index < -0.39 is 24.0 Å². The maximum atomic E-state index is 12.7. The average molecular weight is 414 g/mol. The third-order valence-electron chi connectivity index (χ3n) is 4.23. The Hall–Kier alpha value is -2.88. The number of hydrogen-bond acceptors (Lipinski definition) is 4. The van der Waals surface area contributed by atoms with Crippen LogP contribution in [-0.4, -0.2) is 45.8 Å². The molecule has 1 aliphatic rings. The molecule has 2 aromatic rings. The molecule has 1 N–H and O–H groups in total. The minimum atomic E-state index is -4.97. The summed E-state index contributed by atoms with van der Waals surface area (Å²) in [6.45, 7) is 0. The van der Waals surface area contributed by atoms with Crippen LogP contribution < -0.4 is 10.2 Å². The van der Waals surface area contributed by atoms with Crippen molar-refractivity contribution in [3.05, 3.63) is 48.0 Å². The number of nitrogens with one attached hydrogen (secondary N) is 1. The van der Waals surface area contributed by atoms with Crippen LogP contribution in [0.25, 0.3) is 5.69 Å². The van der Waals surface area contributed by atoms with Crippen LogP contribution in [0.5, 0.6) is 0 Å². The van der Waals surface area contributed by atoms with Gasteiger partial charge in [0.05, 0.1) is 24.0 Å². The van der Waals surface area contributed by atoms with Crippen molar-refractivity contribution in [1.29, 1.82) is 0 Å². The van der Waals surface area contributed by atoms with Crippen LogP contribution >= 0.6 is 11.6 Å². The normalized spacial score (nSPS) is 18.9. The van der Waals surface area contributed by atoms with Gasteiger partial charge in [-0.2, -0.15) is 18.3 Å². The van der Waals surface area contributed by atoms with E-state index in [9.17, 15) is 22.8 Å². The van der Waals surface area contributed by atoms with Gasteiger partial charge in [0.2, 0.25) is 5.91 Å². The van der Waals surface area contributed by atoms with Crippen LogP contribution in [0, 0.1) is 5.92 Å². The molecule has 2 amide bonds. The number of hydrogen-bond donors (Lipinski definition) is 1. The predicted molar refractivity (Wildman–Crippen MR) is 95.0 cm³/mol. The molecule has 28 heavy (non-hydrogen) atoms. The Morgan fingerprint density at radius 2 is 2.11 bits per heavy atom. The average Bonchev–Trinajstić information content (AvgIpc) is 3.27. The van der Waals surface area contributed by atoms with Gasteiger partial charge in [-0.1, -0.05) is 23.8 Å². The molecule has 0 spiro atoms. The van der Waals surface area contributed by atoms with E-state index in [1.54, 1.807) is 30.7 Å². The number of nitrogens with zero attached hydrogens (tertiary/aromatic N) is 4. The molecule has 0 fully saturated rings. The molecule has 0 aliphatic heterocycles. The van der Waals surface area contributed by atoms with Crippen molar-refractivity contribution in [1.82, 2.24) is 20.1 Å². The van der Waals surface area contributed by atoms with E-state index >= 15 is 0 Å². The Balaban J connectivity index is 1.68. The largest absolute Gasteiger partial charge is 0.471 e. The summed E-state index contributed by atoms with van der Waals surface area (Å²) >= 11 is 6.14. The van der Waals surface area contributed by atoms with Gasteiger partial charge in [-0.15, -0.1) is 0 Å². The topological polar surface area (TPSA) is 80.1 Å². The summed E-state index contributed by atoms with van der Waals surface area (Å²) in [5.74, 6) is -3.11. The molecular formula is C17H15ClF3N5O2. The van der Waals surface area contributed by atoms with Gasteiger partial charge in [0.25, 0.3) is 0 Å². The zero-order valence-electron chi connectivity index (χ0n) is 14.5. The maximum absolute atomic E-state index is 12.7. The summed E-state index contributed by atoms with van der Waals surface area (Å²) < 4.78 is 38.5. The lowest BCUT2D eigenvalue weighted by atomic mass is 10.1. The number of anilines is 1. The second-order valence-electron chi connectivity index (χ2n) is 6.16. The number of rotatable bonds is 4. The molecular weight excluding hydrogens is 399 g/mol. The molecule has 0 saturated carbocycles. The molecule has 7 nitrogen and oxygen atoms in total. The number of amides is 2. The van der Waals surface area contributed by atoms with Gasteiger partial charge in [-0.25, -0.2) is 4.68 Å². The summed E-state index contributed by atoms with van der Waals surface area (Å²) in [7, 11) is 1.49. The fraction of sp³-hybridized carbons (Fsp3) is 0.294. The van der Waals surface area contributed by atoms with E-state index in [1.165, 1.54) is 28.8 Å². The van der Waals surface area contributed by atoms with Crippen LogP contribution in [0.2, 0.25) is 5.15 Å². The van der Waals surface area contributed by atoms with E-state index in [0.29, 0.717) is 11.4 Å². The van der Waals surface area contributed by atoms with Gasteiger partial charge in [-0.05, 0) is 18.6 Å². The van der Waals surface area contributed by atoms with E-state index in [-0.39, 0.29) is 17.5 Å². The minimum Gasteiger partial charge on any atom is -0.342 e. The Bertz CT molecular complexity index is 913. The van der Waals surface area contributed by atoms with Crippen molar-refractivity contribution >= 4 is 29.1 Å². The van der Waals surface area contributed by atoms with Crippen molar-refractivity contribution in [3.8, 4) is 5.69 Å². The van der Waals surface area contributed by atoms with Gasteiger partial charge in [0, 0.05) is 19.3 Å². The highest BCUT2D eigenvalue weighted by atomic mass is 35.5. The first-order valence-electron chi connectivity index (χ1n) is 8.16. The molecule has 2 heterocycles. The van der Waals surface area contributed by atoms with Crippen molar-refractivity contribution in [2.45, 2.75) is 18.6 Å². The van der Waals surface area contributed by atoms with Gasteiger partial charge < -0.3 is 10.2 Å². The van der Waals surface area contributed by atoms with Crippen LogP contribution in [0.4, 0.5) is 18.9 Å². The SMILES string of the molecule is CN(C(=O)[C@@H]1C=C[C@H](NC(=O)C(F)(F)F)C1)c1cn(-c2cccnc2)nc1Cl. The molecule has 2 atom stereocenters. The molecule has 1 aliphatic carbocycles. The molecule has 0 saturated heterocycles. The fourth-order valence-corrected chi connectivity index (χ4v) is 3.05. The summed E-state index contributed by atoms with van der Waals surface area (Å²) in [4.78, 5) is 29.0. The molecule has 0 unspecified atom stereocenters. The second kappa shape index (κ2) is 7.63. The zero-order chi connectivity index (χ0) is 20.5. The van der Waals surface area contributed by atoms with E-state index in [4.69, 9.17) is 11.6 Å². The van der Waals surface area contributed by atoms with Crippen LogP contribution in [-0.2, 0) is 9.59 Å². The first-order chi connectivity index (χ1) is 13.2. The Morgan fingerprint density at radius 3 is 2.75 bits per heavy atom. The van der Waals surface area contributed by atoms with Crippen LogP contribution in [0.3, 0.4) is 0 Å². The van der Waals surface area contributed by atoms with Gasteiger partial charge >= 0.3 is 12.1 Å². The van der Waals surface area contributed by atoms with Crippen molar-refractivity contribution in [2.24, 2.45) is 5.92 Å². The minimum absolute atomic E-state index is 0.0271. The number of alkyl halides is 3. The maximum Gasteiger partial charge on any atom is 0.471 e. The highest BCUT2D eigenvalue weighted by Crippen LogP contribution is 2.29. The Kier molecular flexibility index (Phi) is 5.41. The van der Waals surface area contributed by atoms with Gasteiger partial charge in [0.15, 0.2) is 5.15 Å². The van der Waals surface area contributed by atoms with Gasteiger partial charge in [0.1, 0.15) is 5.69 Å². The zero-order valence-corrected chi connectivity index (χ0v) is 15.3. The predicted octanol–water partition coefficient (Wildman–Crippen LogP) is 2.51. The summed E-state index contributed by atoms with van der Waals surface area (Å²) in [5, 5.41) is 6.08. The fourth-order valence-electron chi connectivity index (χ4n) is 2.80. The molecule has 0 aromatic carbocycles. The van der Waals surface area contributed by atoms with E-state index in [0.717, 1.165) is 0 Å². The van der Waals surface area contributed by atoms with Crippen molar-refractivity contribution < 1.29 is 22.8 Å².